The molecule has 1 nitrogen and oxygen atoms in total. The molecule has 0 aliphatic rings. The summed E-state index contributed by atoms with van der Waals surface area (Å²) in [6.45, 7) is 1.77. The average molecular weight is 314 g/mol. The van der Waals surface area contributed by atoms with Gasteiger partial charge in [-0.3, -0.25) is 0 Å². The second-order valence-electron chi connectivity index (χ2n) is 3.91. The minimum absolute atomic E-state index is 0.0192. The number of thiophene rings is 1. The molecule has 1 aromatic carbocycles. The molecule has 0 saturated heterocycles. The van der Waals surface area contributed by atoms with Crippen LogP contribution in [0.1, 0.15) is 22.7 Å². The highest BCUT2D eigenvalue weighted by Crippen LogP contribution is 2.31. The maximum Gasteiger partial charge on any atom is 0.126 e. The van der Waals surface area contributed by atoms with Crippen molar-refractivity contribution in [2.45, 2.75) is 13.0 Å². The molecular weight excluding hydrogens is 301 g/mol. The van der Waals surface area contributed by atoms with Gasteiger partial charge in [0.1, 0.15) is 5.82 Å². The highest BCUT2D eigenvalue weighted by Gasteiger charge is 2.16. The summed E-state index contributed by atoms with van der Waals surface area (Å²) in [4.78, 5) is 0. The molecule has 1 N–H and O–H groups in total. The van der Waals surface area contributed by atoms with Crippen LogP contribution in [0.15, 0.2) is 33.4 Å². The van der Waals surface area contributed by atoms with E-state index in [-0.39, 0.29) is 11.9 Å². The number of halogens is 2. The van der Waals surface area contributed by atoms with Crippen molar-refractivity contribution in [3.05, 3.63) is 55.9 Å². The topological polar surface area (TPSA) is 12.0 Å². The van der Waals surface area contributed by atoms with Crippen molar-refractivity contribution in [3.8, 4) is 0 Å². The van der Waals surface area contributed by atoms with Crippen LogP contribution < -0.4 is 5.32 Å². The zero-order chi connectivity index (χ0) is 12.4. The first kappa shape index (κ1) is 12.7. The first-order valence-electron chi connectivity index (χ1n) is 5.28. The van der Waals surface area contributed by atoms with E-state index in [4.69, 9.17) is 0 Å². The Morgan fingerprint density at radius 3 is 2.65 bits per heavy atom. The molecule has 4 heteroatoms. The average Bonchev–Trinajstić information content (AvgIpc) is 2.71. The molecule has 0 bridgehead atoms. The molecule has 0 spiro atoms. The predicted octanol–water partition coefficient (Wildman–Crippen LogP) is 4.27. The van der Waals surface area contributed by atoms with Crippen molar-refractivity contribution in [1.82, 2.24) is 5.32 Å². The van der Waals surface area contributed by atoms with Crippen LogP contribution in [-0.2, 0) is 0 Å². The van der Waals surface area contributed by atoms with Crippen LogP contribution in [0.3, 0.4) is 0 Å². The normalized spacial score (nSPS) is 12.7. The third-order valence-electron chi connectivity index (χ3n) is 2.77. The molecule has 90 valence electrons. The second kappa shape index (κ2) is 5.29. The summed E-state index contributed by atoms with van der Waals surface area (Å²) in [6.07, 6.45) is 0. The lowest BCUT2D eigenvalue weighted by atomic mass is 10.00. The minimum Gasteiger partial charge on any atom is -0.309 e. The zero-order valence-corrected chi connectivity index (χ0v) is 12.0. The van der Waals surface area contributed by atoms with E-state index >= 15 is 0 Å². The quantitative estimate of drug-likeness (QED) is 0.892. The predicted molar refractivity (Wildman–Crippen MR) is 74.1 cm³/mol. The highest BCUT2D eigenvalue weighted by atomic mass is 79.9. The first-order chi connectivity index (χ1) is 8.13. The van der Waals surface area contributed by atoms with E-state index in [9.17, 15) is 4.39 Å². The summed E-state index contributed by atoms with van der Waals surface area (Å²) in [5.74, 6) is -0.158. The molecule has 0 saturated carbocycles. The van der Waals surface area contributed by atoms with Crippen LogP contribution >= 0.6 is 27.3 Å². The Morgan fingerprint density at radius 1 is 1.35 bits per heavy atom. The zero-order valence-electron chi connectivity index (χ0n) is 9.63. The Bertz CT molecular complexity index is 524. The number of benzene rings is 1. The second-order valence-corrected chi connectivity index (χ2v) is 5.50. The molecule has 0 radical (unpaired) electrons. The summed E-state index contributed by atoms with van der Waals surface area (Å²) in [6, 6.07) is 5.39. The van der Waals surface area contributed by atoms with Crippen molar-refractivity contribution >= 4 is 27.3 Å². The van der Waals surface area contributed by atoms with Crippen molar-refractivity contribution in [3.63, 3.8) is 0 Å². The lowest BCUT2D eigenvalue weighted by molar-refractivity contribution is 0.608. The van der Waals surface area contributed by atoms with E-state index in [0.717, 1.165) is 15.6 Å². The Kier molecular flexibility index (Phi) is 3.97. The molecule has 0 aliphatic carbocycles. The number of hydrogen-bond acceptors (Lipinski definition) is 2. The molecular formula is C13H13BrFNS. The summed E-state index contributed by atoms with van der Waals surface area (Å²) in [7, 11) is 1.88. The maximum atomic E-state index is 13.6. The van der Waals surface area contributed by atoms with Gasteiger partial charge in [0.15, 0.2) is 0 Å². The smallest absolute Gasteiger partial charge is 0.126 e. The molecule has 0 amide bonds. The van der Waals surface area contributed by atoms with Crippen LogP contribution in [-0.4, -0.2) is 7.05 Å². The van der Waals surface area contributed by atoms with Crippen molar-refractivity contribution < 1.29 is 4.39 Å². The van der Waals surface area contributed by atoms with Crippen molar-refractivity contribution in [1.29, 1.82) is 0 Å². The Balaban J connectivity index is 2.42. The molecule has 2 rings (SSSR count). The van der Waals surface area contributed by atoms with Gasteiger partial charge in [0.2, 0.25) is 0 Å². The lowest BCUT2D eigenvalue weighted by Gasteiger charge is -2.17. The van der Waals surface area contributed by atoms with Crippen molar-refractivity contribution in [2.24, 2.45) is 0 Å². The third-order valence-corrected chi connectivity index (χ3v) is 4.52. The lowest BCUT2D eigenvalue weighted by Crippen LogP contribution is -2.17. The van der Waals surface area contributed by atoms with Crippen LogP contribution in [0.5, 0.6) is 0 Å². The van der Waals surface area contributed by atoms with Gasteiger partial charge in [-0.2, -0.15) is 11.3 Å². The fourth-order valence-corrected chi connectivity index (χ4v) is 3.34. The Hall–Kier alpha value is -0.710. The molecule has 1 unspecified atom stereocenters. The summed E-state index contributed by atoms with van der Waals surface area (Å²) < 4.78 is 14.6. The van der Waals surface area contributed by atoms with Crippen LogP contribution in [0, 0.1) is 12.7 Å². The van der Waals surface area contributed by atoms with Crippen LogP contribution in [0.4, 0.5) is 4.39 Å². The van der Waals surface area contributed by atoms with Crippen molar-refractivity contribution in [2.75, 3.05) is 7.05 Å². The number of aryl methyl sites for hydroxylation is 1. The maximum absolute atomic E-state index is 13.6. The molecule has 1 aromatic heterocycles. The van der Waals surface area contributed by atoms with Gasteiger partial charge >= 0.3 is 0 Å². The van der Waals surface area contributed by atoms with Gasteiger partial charge in [-0.25, -0.2) is 4.39 Å². The van der Waals surface area contributed by atoms with E-state index < -0.39 is 0 Å². The standard InChI is InChI=1S/C13H13BrFNS/c1-8-3-4-9(5-12(8)15)13(16-2)10-6-17-7-11(10)14/h3-7,13,16H,1-2H3. The summed E-state index contributed by atoms with van der Waals surface area (Å²) in [5, 5.41) is 7.32. The molecule has 0 aliphatic heterocycles. The molecule has 1 heterocycles. The highest BCUT2D eigenvalue weighted by molar-refractivity contribution is 9.10. The van der Waals surface area contributed by atoms with E-state index in [1.54, 1.807) is 24.3 Å². The van der Waals surface area contributed by atoms with Gasteiger partial charge in [-0.05, 0) is 58.0 Å². The summed E-state index contributed by atoms with van der Waals surface area (Å²) >= 11 is 5.15. The minimum atomic E-state index is -0.158. The monoisotopic (exact) mass is 313 g/mol. The fraction of sp³-hybridized carbons (Fsp3) is 0.231. The van der Waals surface area contributed by atoms with Gasteiger partial charge in [0.05, 0.1) is 6.04 Å². The van der Waals surface area contributed by atoms with Gasteiger partial charge in [0.25, 0.3) is 0 Å². The van der Waals surface area contributed by atoms with Crippen LogP contribution in [0.2, 0.25) is 0 Å². The van der Waals surface area contributed by atoms with Crippen LogP contribution in [0.25, 0.3) is 0 Å². The van der Waals surface area contributed by atoms with Gasteiger partial charge in [-0.1, -0.05) is 12.1 Å². The Morgan fingerprint density at radius 2 is 2.12 bits per heavy atom. The first-order valence-corrected chi connectivity index (χ1v) is 7.02. The largest absolute Gasteiger partial charge is 0.309 e. The molecule has 0 fully saturated rings. The number of hydrogen-bond donors (Lipinski definition) is 1. The van der Waals surface area contributed by atoms with Gasteiger partial charge in [-0.15, -0.1) is 0 Å². The van der Waals surface area contributed by atoms with E-state index in [2.05, 4.69) is 26.6 Å². The fourth-order valence-electron chi connectivity index (χ4n) is 1.79. The molecule has 1 atom stereocenters. The number of nitrogens with one attached hydrogen (secondary N) is 1. The molecule has 2 aromatic rings. The number of rotatable bonds is 3. The Labute approximate surface area is 113 Å². The van der Waals surface area contributed by atoms with Gasteiger partial charge < -0.3 is 5.32 Å². The van der Waals surface area contributed by atoms with E-state index in [1.165, 1.54) is 0 Å². The van der Waals surface area contributed by atoms with E-state index in [0.29, 0.717) is 5.56 Å². The van der Waals surface area contributed by atoms with Gasteiger partial charge in [0, 0.05) is 9.85 Å². The third kappa shape index (κ3) is 2.59. The molecule has 17 heavy (non-hydrogen) atoms. The summed E-state index contributed by atoms with van der Waals surface area (Å²) in [5.41, 5.74) is 2.75. The SMILES string of the molecule is CNC(c1ccc(C)c(F)c1)c1cscc1Br. The van der Waals surface area contributed by atoms with E-state index in [1.807, 2.05) is 24.6 Å².